The van der Waals surface area contributed by atoms with E-state index in [4.69, 9.17) is 23.2 Å². The maximum atomic E-state index is 12.5. The van der Waals surface area contributed by atoms with Crippen LogP contribution in [0.4, 0.5) is 0 Å². The molecular weight excluding hydrogens is 371 g/mol. The Labute approximate surface area is 165 Å². The molecule has 1 heterocycles. The summed E-state index contributed by atoms with van der Waals surface area (Å²) >= 11 is 12.1. The van der Waals surface area contributed by atoms with Gasteiger partial charge in [-0.1, -0.05) is 55.0 Å². The highest BCUT2D eigenvalue weighted by molar-refractivity contribution is 6.35. The Balaban J connectivity index is 1.48. The lowest BCUT2D eigenvalue weighted by Gasteiger charge is -2.27. The first kappa shape index (κ1) is 19.5. The minimum atomic E-state index is -0.230. The molecule has 142 valence electrons. The summed E-state index contributed by atoms with van der Waals surface area (Å²) in [6, 6.07) is 5.71. The summed E-state index contributed by atoms with van der Waals surface area (Å²) in [6.07, 6.45) is 8.04. The van der Waals surface area contributed by atoms with E-state index >= 15 is 0 Å². The molecule has 1 aliphatic heterocycles. The third kappa shape index (κ3) is 4.92. The Morgan fingerprint density at radius 1 is 1.15 bits per heavy atom. The Morgan fingerprint density at radius 2 is 1.88 bits per heavy atom. The molecule has 26 heavy (non-hydrogen) atoms. The van der Waals surface area contributed by atoms with Crippen molar-refractivity contribution in [2.75, 3.05) is 13.1 Å². The van der Waals surface area contributed by atoms with Crippen molar-refractivity contribution in [2.24, 2.45) is 5.92 Å². The van der Waals surface area contributed by atoms with Crippen molar-refractivity contribution in [1.82, 2.24) is 10.2 Å². The third-order valence-electron chi connectivity index (χ3n) is 5.50. The van der Waals surface area contributed by atoms with Gasteiger partial charge in [-0.05, 0) is 37.0 Å². The van der Waals surface area contributed by atoms with E-state index in [1.54, 1.807) is 12.1 Å². The van der Waals surface area contributed by atoms with Crippen molar-refractivity contribution in [3.8, 4) is 0 Å². The van der Waals surface area contributed by atoms with Gasteiger partial charge in [0, 0.05) is 35.6 Å². The van der Waals surface area contributed by atoms with Gasteiger partial charge in [0.15, 0.2) is 0 Å². The van der Waals surface area contributed by atoms with Gasteiger partial charge in [0.1, 0.15) is 0 Å². The molecule has 0 spiro atoms. The number of benzene rings is 1. The number of nitrogens with zero attached hydrogens (tertiary/aromatic N) is 1. The van der Waals surface area contributed by atoms with Crippen molar-refractivity contribution in [3.05, 3.63) is 33.8 Å². The smallest absolute Gasteiger partial charge is 0.225 e. The Kier molecular flexibility index (Phi) is 6.82. The standard InChI is InChI=1S/C20H26Cl2N2O2/c21-16-8-7-14(18(22)12-16)9-10-23-20(26)15-11-19(25)24(13-15)17-5-3-1-2-4-6-17/h7-8,12,15,17H,1-6,9-11,13H2,(H,23,26). The fourth-order valence-corrected chi connectivity index (χ4v) is 4.52. The lowest BCUT2D eigenvalue weighted by atomic mass is 10.1. The average Bonchev–Trinajstić information content (AvgIpc) is 2.82. The molecule has 4 nitrogen and oxygen atoms in total. The normalized spacial score (nSPS) is 21.7. The van der Waals surface area contributed by atoms with E-state index in [-0.39, 0.29) is 17.7 Å². The number of amides is 2. The second-order valence-corrected chi connectivity index (χ2v) is 8.21. The van der Waals surface area contributed by atoms with Crippen LogP contribution < -0.4 is 5.32 Å². The maximum absolute atomic E-state index is 12.5. The molecule has 1 aromatic rings. The molecule has 1 saturated carbocycles. The summed E-state index contributed by atoms with van der Waals surface area (Å²) in [5.74, 6) is -0.121. The number of carbonyl (C=O) groups excluding carboxylic acids is 2. The van der Waals surface area contributed by atoms with E-state index in [0.717, 1.165) is 18.4 Å². The van der Waals surface area contributed by atoms with Crippen LogP contribution in [0.25, 0.3) is 0 Å². The van der Waals surface area contributed by atoms with Gasteiger partial charge in [-0.3, -0.25) is 9.59 Å². The first-order chi connectivity index (χ1) is 12.5. The predicted molar refractivity (Wildman–Crippen MR) is 104 cm³/mol. The van der Waals surface area contributed by atoms with Gasteiger partial charge in [0.25, 0.3) is 0 Å². The molecule has 0 radical (unpaired) electrons. The minimum Gasteiger partial charge on any atom is -0.355 e. The van der Waals surface area contributed by atoms with Crippen LogP contribution >= 0.6 is 23.2 Å². The summed E-state index contributed by atoms with van der Waals surface area (Å²) in [4.78, 5) is 26.8. The van der Waals surface area contributed by atoms with E-state index in [9.17, 15) is 9.59 Å². The van der Waals surface area contributed by atoms with Crippen molar-refractivity contribution in [2.45, 2.75) is 57.4 Å². The number of likely N-dealkylation sites (tertiary alicyclic amines) is 1. The molecule has 2 aliphatic rings. The fourth-order valence-electron chi connectivity index (χ4n) is 4.02. The lowest BCUT2D eigenvalue weighted by molar-refractivity contribution is -0.130. The average molecular weight is 397 g/mol. The van der Waals surface area contributed by atoms with Crippen LogP contribution in [-0.2, 0) is 16.0 Å². The van der Waals surface area contributed by atoms with E-state index in [1.807, 2.05) is 11.0 Å². The lowest BCUT2D eigenvalue weighted by Crippen LogP contribution is -2.38. The van der Waals surface area contributed by atoms with Crippen LogP contribution in [0.5, 0.6) is 0 Å². The number of carbonyl (C=O) groups is 2. The quantitative estimate of drug-likeness (QED) is 0.757. The number of rotatable bonds is 5. The van der Waals surface area contributed by atoms with Crippen molar-refractivity contribution >= 4 is 35.0 Å². The molecule has 0 aromatic heterocycles. The molecule has 0 bridgehead atoms. The largest absolute Gasteiger partial charge is 0.355 e. The van der Waals surface area contributed by atoms with Crippen LogP contribution in [0.3, 0.4) is 0 Å². The molecule has 1 N–H and O–H groups in total. The van der Waals surface area contributed by atoms with Crippen LogP contribution in [0.2, 0.25) is 10.0 Å². The second-order valence-electron chi connectivity index (χ2n) is 7.37. The molecular formula is C20H26Cl2N2O2. The summed E-state index contributed by atoms with van der Waals surface area (Å²) in [7, 11) is 0. The minimum absolute atomic E-state index is 0.0282. The first-order valence-electron chi connectivity index (χ1n) is 9.55. The SMILES string of the molecule is O=C(NCCc1ccc(Cl)cc1Cl)C1CC(=O)N(C2CCCCCC2)C1. The zero-order valence-corrected chi connectivity index (χ0v) is 16.5. The zero-order valence-electron chi connectivity index (χ0n) is 15.0. The zero-order chi connectivity index (χ0) is 18.5. The van der Waals surface area contributed by atoms with Gasteiger partial charge in [-0.15, -0.1) is 0 Å². The molecule has 1 unspecified atom stereocenters. The molecule has 1 saturated heterocycles. The Morgan fingerprint density at radius 3 is 2.58 bits per heavy atom. The van der Waals surface area contributed by atoms with Crippen LogP contribution in [0.15, 0.2) is 18.2 Å². The Bertz CT molecular complexity index is 657. The third-order valence-corrected chi connectivity index (χ3v) is 6.09. The second kappa shape index (κ2) is 9.09. The number of nitrogens with one attached hydrogen (secondary N) is 1. The molecule has 2 amide bonds. The number of hydrogen-bond acceptors (Lipinski definition) is 2. The van der Waals surface area contributed by atoms with Gasteiger partial charge in [0.05, 0.1) is 5.92 Å². The highest BCUT2D eigenvalue weighted by atomic mass is 35.5. The summed E-state index contributed by atoms with van der Waals surface area (Å²) in [6.45, 7) is 1.07. The van der Waals surface area contributed by atoms with Crippen molar-refractivity contribution in [1.29, 1.82) is 0 Å². The summed E-state index contributed by atoms with van der Waals surface area (Å²) in [5.41, 5.74) is 0.957. The molecule has 2 fully saturated rings. The first-order valence-corrected chi connectivity index (χ1v) is 10.3. The van der Waals surface area contributed by atoms with E-state index in [2.05, 4.69) is 5.32 Å². The topological polar surface area (TPSA) is 49.4 Å². The van der Waals surface area contributed by atoms with E-state index in [1.165, 1.54) is 25.7 Å². The molecule has 1 aromatic carbocycles. The van der Waals surface area contributed by atoms with Crippen molar-refractivity contribution in [3.63, 3.8) is 0 Å². The highest BCUT2D eigenvalue weighted by Crippen LogP contribution is 2.28. The number of hydrogen-bond donors (Lipinski definition) is 1. The number of halogens is 2. The van der Waals surface area contributed by atoms with Crippen molar-refractivity contribution < 1.29 is 9.59 Å². The van der Waals surface area contributed by atoms with E-state index < -0.39 is 0 Å². The van der Waals surface area contributed by atoms with E-state index in [0.29, 0.717) is 42.0 Å². The molecule has 3 rings (SSSR count). The van der Waals surface area contributed by atoms with Gasteiger partial charge < -0.3 is 10.2 Å². The fraction of sp³-hybridized carbons (Fsp3) is 0.600. The highest BCUT2D eigenvalue weighted by Gasteiger charge is 2.37. The van der Waals surface area contributed by atoms with Gasteiger partial charge in [-0.2, -0.15) is 0 Å². The van der Waals surface area contributed by atoms with Crippen LogP contribution in [-0.4, -0.2) is 35.8 Å². The van der Waals surface area contributed by atoms with Crippen LogP contribution in [0, 0.1) is 5.92 Å². The molecule has 6 heteroatoms. The maximum Gasteiger partial charge on any atom is 0.225 e. The van der Waals surface area contributed by atoms with Crippen LogP contribution in [0.1, 0.15) is 50.5 Å². The predicted octanol–water partition coefficient (Wildman–Crippen LogP) is 4.22. The monoisotopic (exact) mass is 396 g/mol. The molecule has 1 aliphatic carbocycles. The molecule has 1 atom stereocenters. The van der Waals surface area contributed by atoms with Gasteiger partial charge in [-0.25, -0.2) is 0 Å². The summed E-state index contributed by atoms with van der Waals surface area (Å²) in [5, 5.41) is 4.18. The van der Waals surface area contributed by atoms with Gasteiger partial charge in [0.2, 0.25) is 11.8 Å². The Hall–Kier alpha value is -1.26. The van der Waals surface area contributed by atoms with Gasteiger partial charge >= 0.3 is 0 Å². The summed E-state index contributed by atoms with van der Waals surface area (Å²) < 4.78 is 0.